The Morgan fingerprint density at radius 2 is 1.94 bits per heavy atom. The van der Waals surface area contributed by atoms with E-state index in [4.69, 9.17) is 0 Å². The van der Waals surface area contributed by atoms with Crippen molar-refractivity contribution >= 4 is 27.8 Å². The summed E-state index contributed by atoms with van der Waals surface area (Å²) in [5.41, 5.74) is 1.79. The number of benzene rings is 2. The molecule has 4 aromatic rings. The number of carboxylic acid groups (broad SMARTS) is 1. The van der Waals surface area contributed by atoms with Crippen molar-refractivity contribution in [1.29, 1.82) is 0 Å². The summed E-state index contributed by atoms with van der Waals surface area (Å²) in [6.45, 7) is 5.60. The van der Waals surface area contributed by atoms with E-state index in [-0.39, 0.29) is 17.4 Å². The number of nitrogens with zero attached hydrogens (tertiary/aromatic N) is 2. The maximum Gasteiger partial charge on any atom is 0.309 e. The minimum Gasteiger partial charge on any atom is -0.481 e. The van der Waals surface area contributed by atoms with Gasteiger partial charge in [-0.3, -0.25) is 9.89 Å². The summed E-state index contributed by atoms with van der Waals surface area (Å²) in [7, 11) is 0. The van der Waals surface area contributed by atoms with Gasteiger partial charge in [-0.25, -0.2) is 13.2 Å². The number of halogens is 3. The number of aromatic nitrogens is 3. The fraction of sp³-hybridized carbons (Fsp3) is 0.333. The maximum absolute atomic E-state index is 15.8. The molecule has 1 aliphatic carbocycles. The van der Waals surface area contributed by atoms with Crippen molar-refractivity contribution in [3.05, 3.63) is 59.2 Å². The van der Waals surface area contributed by atoms with Crippen LogP contribution in [0, 0.1) is 22.9 Å². The number of hydrogen-bond donors (Lipinski definition) is 2. The molecule has 166 valence electrons. The lowest BCUT2D eigenvalue weighted by molar-refractivity contribution is -0.154. The minimum absolute atomic E-state index is 0.0851. The summed E-state index contributed by atoms with van der Waals surface area (Å²) in [6.07, 6.45) is 2.26. The highest BCUT2D eigenvalue weighted by Gasteiger charge is 2.49. The lowest BCUT2D eigenvalue weighted by atomic mass is 9.60. The second-order valence-electron chi connectivity index (χ2n) is 9.28. The summed E-state index contributed by atoms with van der Waals surface area (Å²) in [5.74, 6) is -3.56. The van der Waals surface area contributed by atoms with Gasteiger partial charge in [0.1, 0.15) is 5.52 Å². The van der Waals surface area contributed by atoms with Crippen molar-refractivity contribution in [1.82, 2.24) is 14.8 Å². The molecular weight excluding hydrogens is 419 g/mol. The van der Waals surface area contributed by atoms with Gasteiger partial charge in [-0.1, -0.05) is 13.8 Å². The quantitative estimate of drug-likeness (QED) is 0.407. The Kier molecular flexibility index (Phi) is 4.41. The van der Waals surface area contributed by atoms with E-state index in [0.29, 0.717) is 34.8 Å². The van der Waals surface area contributed by atoms with E-state index in [9.17, 15) is 18.7 Å². The highest BCUT2D eigenvalue weighted by atomic mass is 19.2. The van der Waals surface area contributed by atoms with Gasteiger partial charge in [0.2, 0.25) is 0 Å². The van der Waals surface area contributed by atoms with E-state index in [1.165, 1.54) is 12.3 Å². The molecule has 32 heavy (non-hydrogen) atoms. The van der Waals surface area contributed by atoms with Crippen LogP contribution < -0.4 is 0 Å². The predicted octanol–water partition coefficient (Wildman–Crippen LogP) is 6.02. The Hall–Kier alpha value is -3.29. The molecule has 1 aliphatic rings. The molecule has 0 bridgehead atoms. The number of aromatic amines is 1. The number of fused-ring (bicyclic) bond motifs is 2. The Morgan fingerprint density at radius 3 is 2.56 bits per heavy atom. The van der Waals surface area contributed by atoms with Crippen molar-refractivity contribution < 1.29 is 23.1 Å². The lowest BCUT2D eigenvalue weighted by Gasteiger charge is -2.42. The van der Waals surface area contributed by atoms with Gasteiger partial charge in [0.05, 0.1) is 17.1 Å². The fourth-order valence-corrected chi connectivity index (χ4v) is 5.14. The molecule has 2 aromatic heterocycles. The topological polar surface area (TPSA) is 70.9 Å². The number of carbonyl (C=O) groups is 1. The lowest BCUT2D eigenvalue weighted by Crippen LogP contribution is -2.40. The summed E-state index contributed by atoms with van der Waals surface area (Å²) in [5, 5.41) is 17.1. The van der Waals surface area contributed by atoms with Crippen LogP contribution in [0.15, 0.2) is 30.5 Å². The van der Waals surface area contributed by atoms with E-state index in [2.05, 4.69) is 10.2 Å². The van der Waals surface area contributed by atoms with Gasteiger partial charge in [-0.15, -0.1) is 0 Å². The van der Waals surface area contributed by atoms with Crippen LogP contribution in [0.5, 0.6) is 0 Å². The van der Waals surface area contributed by atoms with Gasteiger partial charge in [0.15, 0.2) is 17.5 Å². The van der Waals surface area contributed by atoms with E-state index < -0.39 is 28.8 Å². The average molecular weight is 441 g/mol. The summed E-state index contributed by atoms with van der Waals surface area (Å²) < 4.78 is 45.4. The Bertz CT molecular complexity index is 1400. The van der Waals surface area contributed by atoms with E-state index in [1.54, 1.807) is 17.6 Å². The SMILES string of the molecule is CC(C)c1c([C@H]2C[C@](C)(C(=O)O)C2)c2c(F)c3[nH]ncc3cc2n1-c1ccc(F)c(F)c1. The van der Waals surface area contributed by atoms with E-state index in [1.807, 2.05) is 13.8 Å². The monoisotopic (exact) mass is 441 g/mol. The molecule has 0 saturated heterocycles. The molecule has 0 radical (unpaired) electrons. The molecule has 0 unspecified atom stereocenters. The van der Waals surface area contributed by atoms with Gasteiger partial charge in [0, 0.05) is 28.2 Å². The van der Waals surface area contributed by atoms with Gasteiger partial charge in [-0.2, -0.15) is 5.10 Å². The van der Waals surface area contributed by atoms with Crippen LogP contribution in [0.4, 0.5) is 13.2 Å². The fourth-order valence-electron chi connectivity index (χ4n) is 5.14. The second kappa shape index (κ2) is 6.85. The first-order valence-electron chi connectivity index (χ1n) is 10.5. The first-order valence-corrected chi connectivity index (χ1v) is 10.5. The molecule has 1 fully saturated rings. The summed E-state index contributed by atoms with van der Waals surface area (Å²) in [6, 6.07) is 5.40. The van der Waals surface area contributed by atoms with Crippen LogP contribution in [0.25, 0.3) is 27.5 Å². The van der Waals surface area contributed by atoms with Crippen LogP contribution in [0.2, 0.25) is 0 Å². The zero-order chi connectivity index (χ0) is 22.9. The molecule has 1 saturated carbocycles. The molecule has 5 nitrogen and oxygen atoms in total. The van der Waals surface area contributed by atoms with E-state index >= 15 is 4.39 Å². The van der Waals surface area contributed by atoms with Gasteiger partial charge >= 0.3 is 5.97 Å². The molecular formula is C24H22F3N3O2. The molecule has 0 spiro atoms. The minimum atomic E-state index is -0.993. The number of nitrogens with one attached hydrogen (secondary N) is 1. The van der Waals surface area contributed by atoms with E-state index in [0.717, 1.165) is 23.4 Å². The van der Waals surface area contributed by atoms with Crippen LogP contribution in [0.3, 0.4) is 0 Å². The summed E-state index contributed by atoms with van der Waals surface area (Å²) in [4.78, 5) is 11.7. The van der Waals surface area contributed by atoms with Gasteiger partial charge in [0.25, 0.3) is 0 Å². The molecule has 0 aliphatic heterocycles. The van der Waals surface area contributed by atoms with Crippen molar-refractivity contribution in [3.63, 3.8) is 0 Å². The highest BCUT2D eigenvalue weighted by Crippen LogP contribution is 2.55. The Labute approximate surface area is 181 Å². The van der Waals surface area contributed by atoms with Crippen molar-refractivity contribution in [2.45, 2.75) is 45.4 Å². The molecule has 2 N–H and O–H groups in total. The van der Waals surface area contributed by atoms with Crippen LogP contribution in [0.1, 0.15) is 56.7 Å². The van der Waals surface area contributed by atoms with Crippen molar-refractivity contribution in [3.8, 4) is 5.69 Å². The standard InChI is InChI=1S/C24H22F3N3O2/c1-11(2)22-18(13-8-24(3,9-13)23(31)32)19-17(6-12-10-28-29-21(12)20(19)27)30(22)14-4-5-15(25)16(26)7-14/h4-7,10-11,13H,8-9H2,1-3H3,(H,28,29)(H,31,32)/t13-,24-. The highest BCUT2D eigenvalue weighted by molar-refractivity contribution is 6.00. The number of rotatable bonds is 4. The zero-order valence-electron chi connectivity index (χ0n) is 17.8. The van der Waals surface area contributed by atoms with Crippen LogP contribution in [-0.2, 0) is 4.79 Å². The van der Waals surface area contributed by atoms with Crippen molar-refractivity contribution in [2.24, 2.45) is 5.41 Å². The third kappa shape index (κ3) is 2.78. The van der Waals surface area contributed by atoms with Crippen LogP contribution in [-0.4, -0.2) is 25.8 Å². The first-order chi connectivity index (χ1) is 15.1. The third-order valence-electron chi connectivity index (χ3n) is 6.71. The summed E-state index contributed by atoms with van der Waals surface area (Å²) >= 11 is 0. The predicted molar refractivity (Wildman–Crippen MR) is 115 cm³/mol. The zero-order valence-corrected chi connectivity index (χ0v) is 17.8. The average Bonchev–Trinajstić information content (AvgIpc) is 3.30. The number of H-pyrrole nitrogens is 1. The smallest absolute Gasteiger partial charge is 0.309 e. The molecule has 5 rings (SSSR count). The third-order valence-corrected chi connectivity index (χ3v) is 6.71. The number of aliphatic carboxylic acids is 1. The Morgan fingerprint density at radius 1 is 1.22 bits per heavy atom. The van der Waals surface area contributed by atoms with Crippen LogP contribution >= 0.6 is 0 Å². The molecule has 2 heterocycles. The normalized spacial score (nSPS) is 20.9. The molecule has 0 atom stereocenters. The molecule has 2 aromatic carbocycles. The Balaban J connectivity index is 1.86. The van der Waals surface area contributed by atoms with Gasteiger partial charge in [-0.05, 0) is 55.4 Å². The second-order valence-corrected chi connectivity index (χ2v) is 9.28. The largest absolute Gasteiger partial charge is 0.481 e. The number of carboxylic acids is 1. The number of hydrogen-bond acceptors (Lipinski definition) is 2. The van der Waals surface area contributed by atoms with Crippen molar-refractivity contribution in [2.75, 3.05) is 0 Å². The molecule has 0 amide bonds. The van der Waals surface area contributed by atoms with Gasteiger partial charge < -0.3 is 9.67 Å². The first kappa shape index (κ1) is 20.6. The molecule has 8 heteroatoms. The maximum atomic E-state index is 15.8.